The van der Waals surface area contributed by atoms with Crippen molar-refractivity contribution in [3.05, 3.63) is 12.4 Å². The van der Waals surface area contributed by atoms with Gasteiger partial charge in [-0.2, -0.15) is 4.31 Å². The van der Waals surface area contributed by atoms with E-state index in [0.717, 1.165) is 0 Å². The molecule has 2 heterocycles. The molecular weight excluding hydrogens is 218 g/mol. The molecule has 82 valence electrons. The minimum absolute atomic E-state index is 0.0585. The number of carbonyl (C=O) groups is 1. The summed E-state index contributed by atoms with van der Waals surface area (Å²) in [4.78, 5) is 17.2. The van der Waals surface area contributed by atoms with E-state index in [1.807, 2.05) is 0 Å². The first kappa shape index (κ1) is 10.3. The van der Waals surface area contributed by atoms with Crippen LogP contribution in [0.3, 0.4) is 0 Å². The van der Waals surface area contributed by atoms with Gasteiger partial charge in [-0.15, -0.1) is 0 Å². The van der Waals surface area contributed by atoms with E-state index in [1.165, 1.54) is 16.7 Å². The van der Waals surface area contributed by atoms with Crippen LogP contribution in [0.15, 0.2) is 17.6 Å². The third kappa shape index (κ3) is 1.93. The zero-order valence-corrected chi connectivity index (χ0v) is 8.83. The van der Waals surface area contributed by atoms with Gasteiger partial charge in [-0.05, 0) is 0 Å². The van der Waals surface area contributed by atoms with Crippen molar-refractivity contribution in [3.8, 4) is 0 Å². The molecule has 6 nitrogen and oxygen atoms in total. The average Bonchev–Trinajstić information content (AvgIpc) is 2.71. The maximum atomic E-state index is 11.9. The molecule has 2 rings (SSSR count). The van der Waals surface area contributed by atoms with Crippen LogP contribution in [0, 0.1) is 0 Å². The van der Waals surface area contributed by atoms with Crippen LogP contribution in [-0.2, 0) is 14.8 Å². The van der Waals surface area contributed by atoms with Crippen LogP contribution in [0.1, 0.15) is 12.8 Å². The van der Waals surface area contributed by atoms with Gasteiger partial charge in [0.05, 0.1) is 0 Å². The summed E-state index contributed by atoms with van der Waals surface area (Å²) in [7, 11) is -3.53. The summed E-state index contributed by atoms with van der Waals surface area (Å²) >= 11 is 0. The molecule has 0 unspecified atom stereocenters. The van der Waals surface area contributed by atoms with Crippen molar-refractivity contribution in [2.45, 2.75) is 18.0 Å². The van der Waals surface area contributed by atoms with Crippen molar-refractivity contribution in [2.75, 3.05) is 13.1 Å². The van der Waals surface area contributed by atoms with Gasteiger partial charge in [-0.3, -0.25) is 4.79 Å². The number of ketones is 1. The maximum Gasteiger partial charge on any atom is 0.276 e. The Labute approximate surface area is 87.4 Å². The Kier molecular flexibility index (Phi) is 2.57. The number of rotatable bonds is 2. The lowest BCUT2D eigenvalue weighted by molar-refractivity contribution is -0.120. The third-order valence-corrected chi connectivity index (χ3v) is 4.09. The highest BCUT2D eigenvalue weighted by molar-refractivity contribution is 7.88. The van der Waals surface area contributed by atoms with E-state index in [-0.39, 0.29) is 24.0 Å². The van der Waals surface area contributed by atoms with Crippen LogP contribution >= 0.6 is 0 Å². The lowest BCUT2D eigenvalue weighted by Crippen LogP contribution is -2.38. The van der Waals surface area contributed by atoms with Gasteiger partial charge in [0.25, 0.3) is 10.0 Å². The molecule has 0 aromatic carbocycles. The van der Waals surface area contributed by atoms with E-state index in [4.69, 9.17) is 0 Å². The number of aromatic nitrogens is 2. The number of nitrogens with zero attached hydrogens (tertiary/aromatic N) is 2. The predicted octanol–water partition coefficient (Wildman–Crippen LogP) is -0.237. The highest BCUT2D eigenvalue weighted by Gasteiger charge is 2.29. The van der Waals surface area contributed by atoms with Crippen molar-refractivity contribution >= 4 is 15.8 Å². The fourth-order valence-corrected chi connectivity index (χ4v) is 2.81. The van der Waals surface area contributed by atoms with E-state index in [0.29, 0.717) is 12.8 Å². The number of hydrogen-bond donors (Lipinski definition) is 1. The van der Waals surface area contributed by atoms with Gasteiger partial charge in [-0.25, -0.2) is 13.4 Å². The summed E-state index contributed by atoms with van der Waals surface area (Å²) in [6.45, 7) is 0.504. The smallest absolute Gasteiger partial charge is 0.276 e. The van der Waals surface area contributed by atoms with E-state index >= 15 is 0 Å². The molecule has 1 saturated heterocycles. The molecule has 1 aromatic rings. The van der Waals surface area contributed by atoms with Crippen LogP contribution in [0.4, 0.5) is 0 Å². The topological polar surface area (TPSA) is 83.1 Å². The Balaban J connectivity index is 2.20. The average molecular weight is 229 g/mol. The van der Waals surface area contributed by atoms with Crippen molar-refractivity contribution < 1.29 is 13.2 Å². The number of H-pyrrole nitrogens is 1. The molecular formula is C8H11N3O3S. The SMILES string of the molecule is O=C1CCN(S(=O)(=O)c2ncc[nH]2)CC1. The van der Waals surface area contributed by atoms with E-state index < -0.39 is 10.0 Å². The second kappa shape index (κ2) is 3.74. The van der Waals surface area contributed by atoms with Crippen LogP contribution < -0.4 is 0 Å². The number of carbonyl (C=O) groups excluding carboxylic acids is 1. The lowest BCUT2D eigenvalue weighted by atomic mass is 10.1. The minimum Gasteiger partial charge on any atom is -0.334 e. The molecule has 1 aliphatic heterocycles. The molecule has 15 heavy (non-hydrogen) atoms. The largest absolute Gasteiger partial charge is 0.334 e. The summed E-state index contributed by atoms with van der Waals surface area (Å²) < 4.78 is 25.0. The fourth-order valence-electron chi connectivity index (χ4n) is 1.49. The molecule has 0 bridgehead atoms. The molecule has 0 aliphatic carbocycles. The minimum atomic E-state index is -3.53. The van der Waals surface area contributed by atoms with Crippen LogP contribution in [-0.4, -0.2) is 41.6 Å². The normalized spacial score (nSPS) is 19.3. The van der Waals surface area contributed by atoms with E-state index in [2.05, 4.69) is 9.97 Å². The van der Waals surface area contributed by atoms with E-state index in [9.17, 15) is 13.2 Å². The molecule has 0 amide bonds. The fraction of sp³-hybridized carbons (Fsp3) is 0.500. The zero-order chi connectivity index (χ0) is 10.9. The number of Topliss-reactive ketones (excluding diaryl/α,β-unsaturated/α-hetero) is 1. The first-order valence-corrected chi connectivity index (χ1v) is 6.06. The molecule has 0 saturated carbocycles. The summed E-state index contributed by atoms with van der Waals surface area (Å²) in [5, 5.41) is -0.0585. The second-order valence-corrected chi connectivity index (χ2v) is 5.19. The van der Waals surface area contributed by atoms with Gasteiger partial charge < -0.3 is 4.98 Å². The first-order chi connectivity index (χ1) is 7.10. The number of piperidine rings is 1. The van der Waals surface area contributed by atoms with Crippen LogP contribution in [0.5, 0.6) is 0 Å². The summed E-state index contributed by atoms with van der Waals surface area (Å²) in [5.41, 5.74) is 0. The lowest BCUT2D eigenvalue weighted by Gasteiger charge is -2.23. The highest BCUT2D eigenvalue weighted by atomic mass is 32.2. The van der Waals surface area contributed by atoms with Crippen molar-refractivity contribution in [1.29, 1.82) is 0 Å². The van der Waals surface area contributed by atoms with Gasteiger partial charge in [-0.1, -0.05) is 0 Å². The number of aromatic amines is 1. The quantitative estimate of drug-likeness (QED) is 0.759. The number of sulfonamides is 1. The van der Waals surface area contributed by atoms with Gasteiger partial charge in [0.2, 0.25) is 5.16 Å². The Morgan fingerprint density at radius 1 is 1.33 bits per heavy atom. The molecule has 0 spiro atoms. The van der Waals surface area contributed by atoms with Gasteiger partial charge >= 0.3 is 0 Å². The van der Waals surface area contributed by atoms with E-state index in [1.54, 1.807) is 0 Å². The van der Waals surface area contributed by atoms with Crippen molar-refractivity contribution in [3.63, 3.8) is 0 Å². The molecule has 1 aliphatic rings. The van der Waals surface area contributed by atoms with Gasteiger partial charge in [0.15, 0.2) is 0 Å². The number of nitrogens with one attached hydrogen (secondary N) is 1. The molecule has 0 atom stereocenters. The standard InChI is InChI=1S/C8H11N3O3S/c12-7-1-5-11(6-2-7)15(13,14)8-9-3-4-10-8/h3-4H,1-2,5-6H2,(H,9,10). The maximum absolute atomic E-state index is 11.9. The van der Waals surface area contributed by atoms with Gasteiger partial charge in [0, 0.05) is 38.3 Å². The number of hydrogen-bond acceptors (Lipinski definition) is 4. The molecule has 0 radical (unpaired) electrons. The Morgan fingerprint density at radius 2 is 2.00 bits per heavy atom. The van der Waals surface area contributed by atoms with Crippen LogP contribution in [0.25, 0.3) is 0 Å². The Morgan fingerprint density at radius 3 is 2.53 bits per heavy atom. The molecule has 7 heteroatoms. The monoisotopic (exact) mass is 229 g/mol. The molecule has 1 N–H and O–H groups in total. The van der Waals surface area contributed by atoms with Gasteiger partial charge in [0.1, 0.15) is 5.78 Å². The Hall–Kier alpha value is -1.21. The third-order valence-electron chi connectivity index (χ3n) is 2.34. The summed E-state index contributed by atoms with van der Waals surface area (Å²) in [5.74, 6) is 0.112. The zero-order valence-electron chi connectivity index (χ0n) is 8.01. The van der Waals surface area contributed by atoms with Crippen molar-refractivity contribution in [2.24, 2.45) is 0 Å². The van der Waals surface area contributed by atoms with Crippen molar-refractivity contribution in [1.82, 2.24) is 14.3 Å². The first-order valence-electron chi connectivity index (χ1n) is 4.62. The Bertz CT molecular complexity index is 441. The summed E-state index contributed by atoms with van der Waals surface area (Å²) in [6.07, 6.45) is 3.43. The number of imidazole rings is 1. The van der Waals surface area contributed by atoms with Crippen LogP contribution in [0.2, 0.25) is 0 Å². The summed E-state index contributed by atoms with van der Waals surface area (Å²) in [6, 6.07) is 0. The molecule has 1 fully saturated rings. The highest BCUT2D eigenvalue weighted by Crippen LogP contribution is 2.15. The second-order valence-electron chi connectivity index (χ2n) is 3.34. The predicted molar refractivity (Wildman–Crippen MR) is 51.6 cm³/mol. The molecule has 1 aromatic heterocycles.